The van der Waals surface area contributed by atoms with Crippen molar-refractivity contribution in [1.82, 2.24) is 9.78 Å². The SMILES string of the molecule is Cc1ccc(-c2ccc(=O)n(CCCN)n2)c(C)c1. The zero-order chi connectivity index (χ0) is 13.8. The van der Waals surface area contributed by atoms with Crippen molar-refractivity contribution >= 4 is 0 Å². The predicted molar refractivity (Wildman–Crippen MR) is 77.1 cm³/mol. The number of benzene rings is 1. The molecule has 1 aromatic carbocycles. The average molecular weight is 257 g/mol. The fraction of sp³-hybridized carbons (Fsp3) is 0.333. The zero-order valence-electron chi connectivity index (χ0n) is 11.4. The number of hydrogen-bond donors (Lipinski definition) is 1. The van der Waals surface area contributed by atoms with E-state index in [1.54, 1.807) is 12.1 Å². The van der Waals surface area contributed by atoms with E-state index < -0.39 is 0 Å². The molecule has 2 N–H and O–H groups in total. The van der Waals surface area contributed by atoms with E-state index in [4.69, 9.17) is 5.73 Å². The van der Waals surface area contributed by atoms with Gasteiger partial charge in [-0.15, -0.1) is 0 Å². The van der Waals surface area contributed by atoms with Gasteiger partial charge < -0.3 is 5.73 Å². The molecule has 0 amide bonds. The molecule has 100 valence electrons. The molecule has 0 spiro atoms. The Hall–Kier alpha value is -1.94. The smallest absolute Gasteiger partial charge is 0.266 e. The van der Waals surface area contributed by atoms with Crippen molar-refractivity contribution in [2.24, 2.45) is 5.73 Å². The number of hydrogen-bond acceptors (Lipinski definition) is 3. The molecule has 4 nitrogen and oxygen atoms in total. The van der Waals surface area contributed by atoms with Gasteiger partial charge >= 0.3 is 0 Å². The molecule has 0 aliphatic carbocycles. The standard InChI is InChI=1S/C15H19N3O/c1-11-4-5-13(12(2)10-11)14-6-7-15(19)18(17-14)9-3-8-16/h4-7,10H,3,8-9,16H2,1-2H3. The van der Waals surface area contributed by atoms with E-state index in [1.807, 2.05) is 6.07 Å². The van der Waals surface area contributed by atoms with Crippen LogP contribution in [-0.2, 0) is 6.54 Å². The Labute approximate surface area is 112 Å². The maximum Gasteiger partial charge on any atom is 0.266 e. The van der Waals surface area contributed by atoms with Gasteiger partial charge in [0.1, 0.15) is 0 Å². The van der Waals surface area contributed by atoms with Gasteiger partial charge in [0.15, 0.2) is 0 Å². The maximum absolute atomic E-state index is 11.7. The second-order valence-corrected chi connectivity index (χ2v) is 4.74. The third-order valence-electron chi connectivity index (χ3n) is 3.10. The van der Waals surface area contributed by atoms with Gasteiger partial charge in [0.05, 0.1) is 5.69 Å². The molecule has 0 fully saturated rings. The maximum atomic E-state index is 11.7. The lowest BCUT2D eigenvalue weighted by Crippen LogP contribution is -2.23. The van der Waals surface area contributed by atoms with E-state index in [2.05, 4.69) is 31.1 Å². The molecule has 1 heterocycles. The van der Waals surface area contributed by atoms with Crippen LogP contribution in [0.15, 0.2) is 35.1 Å². The van der Waals surface area contributed by atoms with Gasteiger partial charge in [0.25, 0.3) is 5.56 Å². The van der Waals surface area contributed by atoms with Crippen LogP contribution in [0.25, 0.3) is 11.3 Å². The van der Waals surface area contributed by atoms with E-state index >= 15 is 0 Å². The van der Waals surface area contributed by atoms with Crippen molar-refractivity contribution in [3.63, 3.8) is 0 Å². The lowest BCUT2D eigenvalue weighted by molar-refractivity contribution is 0.556. The Morgan fingerprint density at radius 3 is 2.68 bits per heavy atom. The molecular formula is C15H19N3O. The van der Waals surface area contributed by atoms with Crippen molar-refractivity contribution in [3.8, 4) is 11.3 Å². The lowest BCUT2D eigenvalue weighted by atomic mass is 10.0. The lowest BCUT2D eigenvalue weighted by Gasteiger charge is -2.09. The number of aromatic nitrogens is 2. The van der Waals surface area contributed by atoms with Crippen molar-refractivity contribution < 1.29 is 0 Å². The van der Waals surface area contributed by atoms with Crippen LogP contribution in [0.3, 0.4) is 0 Å². The molecule has 19 heavy (non-hydrogen) atoms. The van der Waals surface area contributed by atoms with Gasteiger partial charge in [-0.3, -0.25) is 4.79 Å². The molecular weight excluding hydrogens is 238 g/mol. The normalized spacial score (nSPS) is 10.7. The highest BCUT2D eigenvalue weighted by Crippen LogP contribution is 2.21. The molecule has 0 atom stereocenters. The number of aryl methyl sites for hydroxylation is 3. The van der Waals surface area contributed by atoms with Gasteiger partial charge in [0, 0.05) is 18.2 Å². The van der Waals surface area contributed by atoms with E-state index in [0.29, 0.717) is 13.1 Å². The zero-order valence-corrected chi connectivity index (χ0v) is 11.4. The van der Waals surface area contributed by atoms with Gasteiger partial charge in [-0.25, -0.2) is 4.68 Å². The Balaban J connectivity index is 2.42. The van der Waals surface area contributed by atoms with E-state index in [1.165, 1.54) is 10.2 Å². The Morgan fingerprint density at radius 2 is 2.00 bits per heavy atom. The molecule has 0 unspecified atom stereocenters. The van der Waals surface area contributed by atoms with Gasteiger partial charge in [-0.05, 0) is 38.4 Å². The van der Waals surface area contributed by atoms with Crippen molar-refractivity contribution in [2.75, 3.05) is 6.54 Å². The highest BCUT2D eigenvalue weighted by molar-refractivity contribution is 5.63. The summed E-state index contributed by atoms with van der Waals surface area (Å²) < 4.78 is 1.49. The molecule has 0 saturated heterocycles. The summed E-state index contributed by atoms with van der Waals surface area (Å²) >= 11 is 0. The summed E-state index contributed by atoms with van der Waals surface area (Å²) in [7, 11) is 0. The minimum Gasteiger partial charge on any atom is -0.330 e. The summed E-state index contributed by atoms with van der Waals surface area (Å²) in [5.41, 5.74) is 9.67. The molecule has 2 rings (SSSR count). The first-order chi connectivity index (χ1) is 9.11. The number of nitrogens with two attached hydrogens (primary N) is 1. The molecule has 0 radical (unpaired) electrons. The van der Waals surface area contributed by atoms with Crippen molar-refractivity contribution in [1.29, 1.82) is 0 Å². The fourth-order valence-electron chi connectivity index (χ4n) is 2.09. The summed E-state index contributed by atoms with van der Waals surface area (Å²) in [6.07, 6.45) is 0.753. The molecule has 0 aliphatic rings. The van der Waals surface area contributed by atoms with E-state index in [0.717, 1.165) is 23.2 Å². The summed E-state index contributed by atoms with van der Waals surface area (Å²) in [5.74, 6) is 0. The van der Waals surface area contributed by atoms with Crippen molar-refractivity contribution in [3.05, 3.63) is 51.8 Å². The van der Waals surface area contributed by atoms with Crippen LogP contribution in [0.1, 0.15) is 17.5 Å². The minimum atomic E-state index is -0.0815. The Bertz CT molecular complexity index is 632. The third kappa shape index (κ3) is 3.09. The highest BCUT2D eigenvalue weighted by Gasteiger charge is 2.06. The van der Waals surface area contributed by atoms with E-state index in [-0.39, 0.29) is 5.56 Å². The second-order valence-electron chi connectivity index (χ2n) is 4.74. The van der Waals surface area contributed by atoms with Crippen LogP contribution in [0.2, 0.25) is 0 Å². The summed E-state index contributed by atoms with van der Waals surface area (Å²) in [4.78, 5) is 11.7. The number of nitrogens with zero attached hydrogens (tertiary/aromatic N) is 2. The molecule has 2 aromatic rings. The Morgan fingerprint density at radius 1 is 1.21 bits per heavy atom. The Kier molecular flexibility index (Phi) is 4.12. The first-order valence-electron chi connectivity index (χ1n) is 6.47. The molecule has 4 heteroatoms. The topological polar surface area (TPSA) is 60.9 Å². The first-order valence-corrected chi connectivity index (χ1v) is 6.47. The van der Waals surface area contributed by atoms with Gasteiger partial charge in [0.2, 0.25) is 0 Å². The van der Waals surface area contributed by atoms with E-state index in [9.17, 15) is 4.79 Å². The predicted octanol–water partition coefficient (Wildman–Crippen LogP) is 1.88. The first kappa shape index (κ1) is 13.5. The summed E-state index contributed by atoms with van der Waals surface area (Å²) in [6, 6.07) is 9.56. The van der Waals surface area contributed by atoms with Crippen LogP contribution in [0.4, 0.5) is 0 Å². The van der Waals surface area contributed by atoms with Crippen LogP contribution >= 0.6 is 0 Å². The summed E-state index contributed by atoms with van der Waals surface area (Å²) in [6.45, 7) is 5.24. The monoisotopic (exact) mass is 257 g/mol. The minimum absolute atomic E-state index is 0.0815. The molecule has 0 bridgehead atoms. The number of rotatable bonds is 4. The second kappa shape index (κ2) is 5.80. The highest BCUT2D eigenvalue weighted by atomic mass is 16.1. The average Bonchev–Trinajstić information content (AvgIpc) is 2.38. The van der Waals surface area contributed by atoms with Crippen molar-refractivity contribution in [2.45, 2.75) is 26.8 Å². The third-order valence-corrected chi connectivity index (χ3v) is 3.10. The fourth-order valence-corrected chi connectivity index (χ4v) is 2.09. The molecule has 0 saturated carbocycles. The molecule has 0 aliphatic heterocycles. The van der Waals surface area contributed by atoms with Gasteiger partial charge in [-0.2, -0.15) is 5.10 Å². The van der Waals surface area contributed by atoms with Gasteiger partial charge in [-0.1, -0.05) is 23.8 Å². The van der Waals surface area contributed by atoms with Crippen LogP contribution in [0, 0.1) is 13.8 Å². The largest absolute Gasteiger partial charge is 0.330 e. The van der Waals surface area contributed by atoms with Crippen LogP contribution in [-0.4, -0.2) is 16.3 Å². The molecule has 1 aromatic heterocycles. The van der Waals surface area contributed by atoms with Crippen LogP contribution in [0.5, 0.6) is 0 Å². The summed E-state index contributed by atoms with van der Waals surface area (Å²) in [5, 5.41) is 4.42. The quantitative estimate of drug-likeness (QED) is 0.909. The van der Waals surface area contributed by atoms with Crippen LogP contribution < -0.4 is 11.3 Å².